The summed E-state index contributed by atoms with van der Waals surface area (Å²) in [6, 6.07) is 13.6. The number of carbonyl (C=O) groups is 3. The van der Waals surface area contributed by atoms with Gasteiger partial charge in [0.05, 0.1) is 0 Å². The van der Waals surface area contributed by atoms with E-state index in [1.54, 1.807) is 54.6 Å². The topological polar surface area (TPSA) is 166 Å². The third kappa shape index (κ3) is 9.50. The molecule has 37 heavy (non-hydrogen) atoms. The molecule has 1 atom stereocenters. The number of rotatable bonds is 11. The molecule has 2 aromatic rings. The Balaban J connectivity index is 1.48. The first kappa shape index (κ1) is 27.6. The number of hydrogen-bond acceptors (Lipinski definition) is 7. The molecule has 2 aromatic carbocycles. The maximum atomic E-state index is 12.5. The number of aliphatic imine (C=N–C) groups is 1. The van der Waals surface area contributed by atoms with Gasteiger partial charge in [-0.3, -0.25) is 24.7 Å². The van der Waals surface area contributed by atoms with E-state index in [2.05, 4.69) is 25.7 Å². The molecule has 12 heteroatoms. The normalized spacial score (nSPS) is 14.3. The first-order chi connectivity index (χ1) is 17.7. The first-order valence-corrected chi connectivity index (χ1v) is 13.2. The molecule has 196 valence electrons. The zero-order valence-electron chi connectivity index (χ0n) is 20.0. The number of guanidine groups is 1. The van der Waals surface area contributed by atoms with Crippen molar-refractivity contribution >= 4 is 39.8 Å². The molecule has 0 bridgehead atoms. The maximum Gasteiger partial charge on any atom is 0.323 e. The third-order valence-electron chi connectivity index (χ3n) is 5.32. The molecule has 0 aliphatic carbocycles. The minimum Gasteiger partial charge on any atom is -0.480 e. The van der Waals surface area contributed by atoms with Gasteiger partial charge in [-0.05, 0) is 42.2 Å². The molecule has 0 aromatic heterocycles. The average Bonchev–Trinajstić information content (AvgIpc) is 2.90. The summed E-state index contributed by atoms with van der Waals surface area (Å²) in [5.74, 6) is -1.68. The van der Waals surface area contributed by atoms with Crippen LogP contribution in [0.25, 0.3) is 6.08 Å². The number of amides is 2. The Morgan fingerprint density at radius 1 is 1.08 bits per heavy atom. The second-order valence-electron chi connectivity index (χ2n) is 8.23. The number of carbonyl (C=O) groups excluding carboxylic acids is 2. The number of carboxylic acid groups (broad SMARTS) is 1. The van der Waals surface area contributed by atoms with Gasteiger partial charge >= 0.3 is 5.97 Å². The van der Waals surface area contributed by atoms with E-state index in [1.807, 2.05) is 0 Å². The van der Waals surface area contributed by atoms with Crippen LogP contribution in [0.5, 0.6) is 0 Å². The van der Waals surface area contributed by atoms with Crippen LogP contribution < -0.4 is 20.7 Å². The van der Waals surface area contributed by atoms with E-state index >= 15 is 0 Å². The van der Waals surface area contributed by atoms with E-state index in [4.69, 9.17) is 0 Å². The van der Waals surface area contributed by atoms with Gasteiger partial charge in [0.2, 0.25) is 15.9 Å². The lowest BCUT2D eigenvalue weighted by Gasteiger charge is -2.15. The highest BCUT2D eigenvalue weighted by Gasteiger charge is 2.23. The van der Waals surface area contributed by atoms with Gasteiger partial charge in [-0.1, -0.05) is 42.5 Å². The Bertz CT molecular complexity index is 1260. The first-order valence-electron chi connectivity index (χ1n) is 11.7. The number of sulfonamides is 1. The van der Waals surface area contributed by atoms with Crippen LogP contribution in [-0.4, -0.2) is 62.9 Å². The van der Waals surface area contributed by atoms with Gasteiger partial charge < -0.3 is 15.7 Å². The number of nitrogens with zero attached hydrogens (tertiary/aromatic N) is 1. The number of hydrogen-bond donors (Lipinski definition) is 5. The van der Waals surface area contributed by atoms with Gasteiger partial charge in [-0.25, -0.2) is 8.42 Å². The second kappa shape index (κ2) is 13.3. The predicted molar refractivity (Wildman–Crippen MR) is 139 cm³/mol. The summed E-state index contributed by atoms with van der Waals surface area (Å²) in [6.07, 6.45) is 2.97. The average molecular weight is 528 g/mol. The molecule has 3 rings (SSSR count). The highest BCUT2D eigenvalue weighted by atomic mass is 32.2. The fraction of sp³-hybridized carbons (Fsp3) is 0.280. The number of carboxylic acids is 1. The van der Waals surface area contributed by atoms with Crippen LogP contribution in [0, 0.1) is 0 Å². The Morgan fingerprint density at radius 2 is 1.81 bits per heavy atom. The van der Waals surface area contributed by atoms with Crippen molar-refractivity contribution in [3.05, 3.63) is 76.7 Å². The van der Waals surface area contributed by atoms with Crippen LogP contribution >= 0.6 is 0 Å². The van der Waals surface area contributed by atoms with Crippen molar-refractivity contribution < 1.29 is 27.9 Å². The smallest absolute Gasteiger partial charge is 0.323 e. The molecular weight excluding hydrogens is 498 g/mol. The minimum absolute atomic E-state index is 0.171. The van der Waals surface area contributed by atoms with Crippen LogP contribution in [0.2, 0.25) is 0 Å². The highest BCUT2D eigenvalue weighted by Crippen LogP contribution is 2.08. The van der Waals surface area contributed by atoms with Crippen molar-refractivity contribution in [3.8, 4) is 0 Å². The molecule has 11 nitrogen and oxygen atoms in total. The Hall–Kier alpha value is -4.03. The quantitative estimate of drug-likeness (QED) is 0.289. The number of nitrogens with one attached hydrogen (secondary N) is 4. The van der Waals surface area contributed by atoms with E-state index in [9.17, 15) is 27.9 Å². The van der Waals surface area contributed by atoms with Crippen molar-refractivity contribution in [1.29, 1.82) is 0 Å². The zero-order chi connectivity index (χ0) is 26.7. The van der Waals surface area contributed by atoms with Crippen molar-refractivity contribution in [3.63, 3.8) is 0 Å². The van der Waals surface area contributed by atoms with E-state index in [-0.39, 0.29) is 17.9 Å². The van der Waals surface area contributed by atoms with Gasteiger partial charge in [0.25, 0.3) is 5.91 Å². The Kier molecular flexibility index (Phi) is 9.92. The summed E-state index contributed by atoms with van der Waals surface area (Å²) < 4.78 is 26.6. The summed E-state index contributed by atoms with van der Waals surface area (Å²) in [4.78, 5) is 40.3. The molecule has 0 saturated heterocycles. The van der Waals surface area contributed by atoms with Crippen molar-refractivity contribution in [1.82, 2.24) is 20.7 Å². The summed E-state index contributed by atoms with van der Waals surface area (Å²) >= 11 is 0. The van der Waals surface area contributed by atoms with Gasteiger partial charge in [-0.2, -0.15) is 4.72 Å². The van der Waals surface area contributed by atoms with Crippen LogP contribution in [0.15, 0.2) is 65.0 Å². The minimum atomic E-state index is -4.07. The van der Waals surface area contributed by atoms with Crippen LogP contribution in [-0.2, 0) is 26.0 Å². The molecule has 0 spiro atoms. The SMILES string of the molecule is O=C(CCc1ccc(C(=O)NC[C@H](NS(=O)(=O)C=Cc2ccccc2)C(=O)O)cc1)NC1=NCCCN1. The van der Waals surface area contributed by atoms with Crippen molar-refractivity contribution in [2.24, 2.45) is 4.99 Å². The largest absolute Gasteiger partial charge is 0.480 e. The monoisotopic (exact) mass is 527 g/mol. The zero-order valence-corrected chi connectivity index (χ0v) is 20.8. The molecule has 1 aliphatic rings. The van der Waals surface area contributed by atoms with Crippen LogP contribution in [0.3, 0.4) is 0 Å². The lowest BCUT2D eigenvalue weighted by atomic mass is 10.1. The lowest BCUT2D eigenvalue weighted by molar-refractivity contribution is -0.138. The second-order valence-corrected chi connectivity index (χ2v) is 9.83. The van der Waals surface area contributed by atoms with Crippen molar-refractivity contribution in [2.75, 3.05) is 19.6 Å². The van der Waals surface area contributed by atoms with E-state index in [0.29, 0.717) is 24.5 Å². The Labute approximate surface area is 215 Å². The lowest BCUT2D eigenvalue weighted by Crippen LogP contribution is -2.47. The molecule has 0 unspecified atom stereocenters. The molecule has 0 radical (unpaired) electrons. The number of aryl methyl sites for hydroxylation is 1. The molecule has 0 fully saturated rings. The third-order valence-corrected chi connectivity index (χ3v) is 6.43. The van der Waals surface area contributed by atoms with Gasteiger partial charge in [0.15, 0.2) is 5.96 Å². The fourth-order valence-electron chi connectivity index (χ4n) is 3.34. The molecule has 2 amide bonds. The maximum absolute atomic E-state index is 12.5. The van der Waals surface area contributed by atoms with Gasteiger partial charge in [-0.15, -0.1) is 0 Å². The van der Waals surface area contributed by atoms with Gasteiger partial charge in [0.1, 0.15) is 6.04 Å². The predicted octanol–water partition coefficient (Wildman–Crippen LogP) is 0.858. The van der Waals surface area contributed by atoms with Gasteiger partial charge in [0, 0.05) is 37.0 Å². The van der Waals surface area contributed by atoms with Crippen molar-refractivity contribution in [2.45, 2.75) is 25.3 Å². The number of benzene rings is 2. The summed E-state index contributed by atoms with van der Waals surface area (Å²) in [5.41, 5.74) is 1.74. The summed E-state index contributed by atoms with van der Waals surface area (Å²) in [6.45, 7) is 0.996. The van der Waals surface area contributed by atoms with Crippen LogP contribution in [0.4, 0.5) is 0 Å². The standard InChI is InChI=1S/C25H29N5O6S/c31-22(29-25-26-14-4-15-27-25)12-9-19-7-10-20(11-8-19)23(32)28-17-21(24(33)34)30-37(35,36)16-13-18-5-2-1-3-6-18/h1-3,5-8,10-11,13,16,21,30H,4,9,12,14-15,17H2,(H,28,32)(H,33,34)(H2,26,27,29,31)/t21-/m0/s1. The molecule has 1 heterocycles. The van der Waals surface area contributed by atoms with E-state index in [1.165, 1.54) is 6.08 Å². The summed E-state index contributed by atoms with van der Waals surface area (Å²) in [7, 11) is -4.07. The molecule has 5 N–H and O–H groups in total. The molecule has 0 saturated carbocycles. The fourth-order valence-corrected chi connectivity index (χ4v) is 4.33. The molecule has 1 aliphatic heterocycles. The van der Waals surface area contributed by atoms with E-state index < -0.39 is 34.5 Å². The Morgan fingerprint density at radius 3 is 2.46 bits per heavy atom. The molecular formula is C25H29N5O6S. The highest BCUT2D eigenvalue weighted by molar-refractivity contribution is 7.92. The number of aliphatic carboxylic acids is 1. The van der Waals surface area contributed by atoms with E-state index in [0.717, 1.165) is 23.9 Å². The van der Waals surface area contributed by atoms with Crippen LogP contribution in [0.1, 0.15) is 34.3 Å². The summed E-state index contributed by atoms with van der Waals surface area (Å²) in [5, 5.41) is 18.5.